The average Bonchev–Trinajstić information content (AvgIpc) is 2.43. The molecule has 3 N–H and O–H groups in total. The lowest BCUT2D eigenvalue weighted by Crippen LogP contribution is -2.35. The topological polar surface area (TPSA) is 46.2 Å². The van der Waals surface area contributed by atoms with E-state index in [1.807, 2.05) is 0 Å². The zero-order valence-electron chi connectivity index (χ0n) is 11.2. The maximum Gasteiger partial charge on any atom is 0.133 e. The van der Waals surface area contributed by atoms with Crippen LogP contribution < -0.4 is 5.73 Å². The van der Waals surface area contributed by atoms with Gasteiger partial charge in [-0.15, -0.1) is 0 Å². The Hall–Kier alpha value is -1.00. The zero-order valence-corrected chi connectivity index (χ0v) is 11.2. The predicted molar refractivity (Wildman–Crippen MR) is 70.6 cm³/mol. The van der Waals surface area contributed by atoms with Crippen LogP contribution in [-0.4, -0.2) is 11.2 Å². The van der Waals surface area contributed by atoms with Gasteiger partial charge in [0.15, 0.2) is 0 Å². The average molecular weight is 269 g/mol. The highest BCUT2D eigenvalue weighted by atomic mass is 19.1. The Labute approximate surface area is 112 Å². The minimum atomic E-state index is -0.997. The Balaban J connectivity index is 2.23. The highest BCUT2D eigenvalue weighted by molar-refractivity contribution is 5.29. The maximum absolute atomic E-state index is 14.0. The number of nitrogens with two attached hydrogens (primary N) is 1. The molecular formula is C15H21F2NO. The molecule has 1 saturated carbocycles. The fourth-order valence-corrected chi connectivity index (χ4v) is 2.92. The third kappa shape index (κ3) is 2.95. The molecule has 0 saturated heterocycles. The predicted octanol–water partition coefficient (Wildman–Crippen LogP) is 3.21. The van der Waals surface area contributed by atoms with Crippen molar-refractivity contribution in [3.05, 3.63) is 34.9 Å². The van der Waals surface area contributed by atoms with Crippen molar-refractivity contribution in [3.63, 3.8) is 0 Å². The van der Waals surface area contributed by atoms with E-state index in [2.05, 4.69) is 0 Å². The molecule has 0 unspecified atom stereocenters. The van der Waals surface area contributed by atoms with Crippen LogP contribution in [0.3, 0.4) is 0 Å². The van der Waals surface area contributed by atoms with Crippen LogP contribution >= 0.6 is 0 Å². The van der Waals surface area contributed by atoms with Crippen molar-refractivity contribution in [2.24, 2.45) is 11.7 Å². The summed E-state index contributed by atoms with van der Waals surface area (Å²) in [6, 6.07) is 1.60. The van der Waals surface area contributed by atoms with Gasteiger partial charge < -0.3 is 10.8 Å². The Kier molecular flexibility index (Phi) is 4.53. The van der Waals surface area contributed by atoms with Gasteiger partial charge in [-0.05, 0) is 37.3 Å². The number of hydrogen-bond donors (Lipinski definition) is 2. The molecule has 0 spiro atoms. The molecule has 1 aromatic rings. The molecule has 1 aliphatic carbocycles. The highest BCUT2D eigenvalue weighted by Crippen LogP contribution is 2.33. The van der Waals surface area contributed by atoms with Crippen LogP contribution in [0.15, 0.2) is 12.1 Å². The zero-order chi connectivity index (χ0) is 14.0. The lowest BCUT2D eigenvalue weighted by molar-refractivity contribution is 0.0596. The SMILES string of the molecule is Cc1ccc(F)c([C@H](N)[C@H](O)C2CCCCC2)c1F. The van der Waals surface area contributed by atoms with Gasteiger partial charge in [-0.3, -0.25) is 0 Å². The first-order chi connectivity index (χ1) is 9.02. The van der Waals surface area contributed by atoms with Crippen molar-refractivity contribution in [1.82, 2.24) is 0 Å². The second kappa shape index (κ2) is 5.97. The molecule has 0 amide bonds. The first-order valence-electron chi connectivity index (χ1n) is 6.90. The minimum absolute atomic E-state index is 0.0445. The fraction of sp³-hybridized carbons (Fsp3) is 0.600. The number of halogens is 2. The summed E-state index contributed by atoms with van der Waals surface area (Å²) in [6.07, 6.45) is 4.13. The van der Waals surface area contributed by atoms with Gasteiger partial charge in [0.05, 0.1) is 12.1 Å². The van der Waals surface area contributed by atoms with Gasteiger partial charge in [0, 0.05) is 5.56 Å². The molecule has 0 bridgehead atoms. The summed E-state index contributed by atoms with van der Waals surface area (Å²) in [5.41, 5.74) is 6.08. The minimum Gasteiger partial charge on any atom is -0.391 e. The number of aryl methyl sites for hydroxylation is 1. The smallest absolute Gasteiger partial charge is 0.133 e. The summed E-state index contributed by atoms with van der Waals surface area (Å²) >= 11 is 0. The molecule has 106 valence electrons. The molecule has 1 aliphatic rings. The van der Waals surface area contributed by atoms with E-state index in [4.69, 9.17) is 5.73 Å². The van der Waals surface area contributed by atoms with Gasteiger partial charge in [0.1, 0.15) is 11.6 Å². The molecule has 4 heteroatoms. The van der Waals surface area contributed by atoms with Crippen LogP contribution in [-0.2, 0) is 0 Å². The van der Waals surface area contributed by atoms with Gasteiger partial charge in [0.2, 0.25) is 0 Å². The number of rotatable bonds is 3. The second-order valence-corrected chi connectivity index (χ2v) is 5.51. The number of aliphatic hydroxyl groups is 1. The standard InChI is InChI=1S/C15H21F2NO/c1-9-7-8-11(16)12(13(9)17)14(18)15(19)10-5-3-2-4-6-10/h7-8,10,14-15,19H,2-6,18H2,1H3/t14-,15+/m0/s1. The van der Waals surface area contributed by atoms with Crippen molar-refractivity contribution in [3.8, 4) is 0 Å². The molecule has 0 aromatic heterocycles. The van der Waals surface area contributed by atoms with Crippen molar-refractivity contribution in [2.45, 2.75) is 51.2 Å². The van der Waals surface area contributed by atoms with Crippen LogP contribution in [0, 0.1) is 24.5 Å². The van der Waals surface area contributed by atoms with E-state index in [0.717, 1.165) is 32.1 Å². The molecule has 0 radical (unpaired) electrons. The Bertz CT molecular complexity index is 444. The van der Waals surface area contributed by atoms with E-state index >= 15 is 0 Å². The van der Waals surface area contributed by atoms with E-state index in [1.165, 1.54) is 12.1 Å². The molecular weight excluding hydrogens is 248 g/mol. The van der Waals surface area contributed by atoms with Crippen LogP contribution in [0.1, 0.15) is 49.3 Å². The second-order valence-electron chi connectivity index (χ2n) is 5.51. The van der Waals surface area contributed by atoms with E-state index in [1.54, 1.807) is 6.92 Å². The van der Waals surface area contributed by atoms with Crippen LogP contribution in [0.25, 0.3) is 0 Å². The van der Waals surface area contributed by atoms with E-state index in [0.29, 0.717) is 5.56 Å². The number of aliphatic hydroxyl groups excluding tert-OH is 1. The molecule has 0 aliphatic heterocycles. The maximum atomic E-state index is 14.0. The lowest BCUT2D eigenvalue weighted by Gasteiger charge is -2.31. The van der Waals surface area contributed by atoms with Crippen LogP contribution in [0.4, 0.5) is 8.78 Å². The molecule has 1 aromatic carbocycles. The molecule has 2 nitrogen and oxygen atoms in total. The van der Waals surface area contributed by atoms with Crippen LogP contribution in [0.5, 0.6) is 0 Å². The molecule has 1 fully saturated rings. The third-order valence-corrected chi connectivity index (χ3v) is 4.15. The Morgan fingerprint density at radius 2 is 1.84 bits per heavy atom. The van der Waals surface area contributed by atoms with Gasteiger partial charge >= 0.3 is 0 Å². The van der Waals surface area contributed by atoms with E-state index in [-0.39, 0.29) is 11.5 Å². The summed E-state index contributed by atoms with van der Waals surface area (Å²) < 4.78 is 27.8. The summed E-state index contributed by atoms with van der Waals surface area (Å²) in [6.45, 7) is 1.57. The summed E-state index contributed by atoms with van der Waals surface area (Å²) in [7, 11) is 0. The summed E-state index contributed by atoms with van der Waals surface area (Å²) in [4.78, 5) is 0. The van der Waals surface area contributed by atoms with Gasteiger partial charge in [-0.1, -0.05) is 25.3 Å². The van der Waals surface area contributed by atoms with Crippen LogP contribution in [0.2, 0.25) is 0 Å². The van der Waals surface area contributed by atoms with Crippen molar-refractivity contribution >= 4 is 0 Å². The Morgan fingerprint density at radius 3 is 2.47 bits per heavy atom. The molecule has 19 heavy (non-hydrogen) atoms. The van der Waals surface area contributed by atoms with Crippen molar-refractivity contribution in [1.29, 1.82) is 0 Å². The fourth-order valence-electron chi connectivity index (χ4n) is 2.92. The largest absolute Gasteiger partial charge is 0.391 e. The van der Waals surface area contributed by atoms with Crippen molar-refractivity contribution < 1.29 is 13.9 Å². The van der Waals surface area contributed by atoms with Gasteiger partial charge in [-0.25, -0.2) is 8.78 Å². The molecule has 0 heterocycles. The molecule has 2 rings (SSSR count). The van der Waals surface area contributed by atoms with E-state index < -0.39 is 23.8 Å². The number of hydrogen-bond acceptors (Lipinski definition) is 2. The Morgan fingerprint density at radius 1 is 1.21 bits per heavy atom. The highest BCUT2D eigenvalue weighted by Gasteiger charge is 2.31. The lowest BCUT2D eigenvalue weighted by atomic mass is 9.81. The summed E-state index contributed by atoms with van der Waals surface area (Å²) in [5.74, 6) is -1.27. The van der Waals surface area contributed by atoms with Gasteiger partial charge in [-0.2, -0.15) is 0 Å². The normalized spacial score (nSPS) is 20.3. The summed E-state index contributed by atoms with van der Waals surface area (Å²) in [5, 5.41) is 10.3. The van der Waals surface area contributed by atoms with E-state index in [9.17, 15) is 13.9 Å². The molecule has 2 atom stereocenters. The quantitative estimate of drug-likeness (QED) is 0.885. The first-order valence-corrected chi connectivity index (χ1v) is 6.90. The third-order valence-electron chi connectivity index (χ3n) is 4.15. The first kappa shape index (κ1) is 14.4. The monoisotopic (exact) mass is 269 g/mol. The number of benzene rings is 1. The van der Waals surface area contributed by atoms with Crippen molar-refractivity contribution in [2.75, 3.05) is 0 Å². The van der Waals surface area contributed by atoms with Gasteiger partial charge in [0.25, 0.3) is 0 Å².